The van der Waals surface area contributed by atoms with E-state index in [2.05, 4.69) is 13.8 Å². The molecule has 2 heteroatoms. The van der Waals surface area contributed by atoms with Gasteiger partial charge in [-0.05, 0) is 13.8 Å². The molecule has 0 saturated carbocycles. The molecule has 0 aliphatic rings. The summed E-state index contributed by atoms with van der Waals surface area (Å²) in [5.41, 5.74) is 0.736. The highest BCUT2D eigenvalue weighted by Gasteiger charge is 1.91. The van der Waals surface area contributed by atoms with Gasteiger partial charge in [-0.3, -0.25) is 0 Å². The molecule has 0 rings (SSSR count). The van der Waals surface area contributed by atoms with Crippen LogP contribution in [0.3, 0.4) is 0 Å². The van der Waals surface area contributed by atoms with E-state index < -0.39 is 0 Å². The number of hydrogen-bond acceptors (Lipinski definition) is 1. The van der Waals surface area contributed by atoms with Gasteiger partial charge < -0.3 is 0 Å². The third-order valence-electron chi connectivity index (χ3n) is 0.886. The largest absolute Gasteiger partial charge is 0.0653 e. The van der Waals surface area contributed by atoms with E-state index >= 15 is 0 Å². The molecule has 0 aromatic rings. The minimum absolute atomic E-state index is 0.736. The van der Waals surface area contributed by atoms with Crippen molar-refractivity contribution < 1.29 is 0 Å². The molecule has 0 nitrogen and oxygen atoms in total. The fraction of sp³-hybridized carbons (Fsp3) is 1.00. The normalized spacial score (nSPS) is 14.6. The summed E-state index contributed by atoms with van der Waals surface area (Å²) >= 11 is 4.81. The molecule has 0 N–H and O–H groups in total. The quantitative estimate of drug-likeness (QED) is 0.534. The fourth-order valence-electron chi connectivity index (χ4n) is 0.470. The molecule has 0 amide bonds. The first-order valence-electron chi connectivity index (χ1n) is 2.63. The summed E-state index contributed by atoms with van der Waals surface area (Å²) in [4.78, 5) is 0. The van der Waals surface area contributed by atoms with E-state index in [4.69, 9.17) is 11.8 Å². The topological polar surface area (TPSA) is 0 Å². The Morgan fingerprint density at radius 2 is 2.29 bits per heavy atom. The standard InChI is InChI=1S/C5H11PS/c1-3-4-5(2)6-7/h5H,3-4H2,1-2H3. The second-order valence-corrected chi connectivity index (χ2v) is 3.47. The summed E-state index contributed by atoms with van der Waals surface area (Å²) in [6, 6.07) is 0. The predicted octanol–water partition coefficient (Wildman–Crippen LogP) is 2.58. The molecule has 42 valence electrons. The zero-order chi connectivity index (χ0) is 5.70. The van der Waals surface area contributed by atoms with Crippen molar-refractivity contribution in [3.8, 4) is 0 Å². The third-order valence-corrected chi connectivity index (χ3v) is 2.58. The maximum Gasteiger partial charge on any atom is 0.00847 e. The summed E-state index contributed by atoms with van der Waals surface area (Å²) in [5, 5.41) is 0. The first kappa shape index (κ1) is 7.52. The van der Waals surface area contributed by atoms with Crippen LogP contribution in [0, 0.1) is 0 Å². The summed E-state index contributed by atoms with van der Waals surface area (Å²) in [6.07, 6.45) is 2.55. The molecule has 0 bridgehead atoms. The van der Waals surface area contributed by atoms with Crippen LogP contribution < -0.4 is 0 Å². The minimum atomic E-state index is 0.736. The first-order valence-corrected chi connectivity index (χ1v) is 4.61. The SMILES string of the molecule is CCCC(C)P=S. The monoisotopic (exact) mass is 134 g/mol. The van der Waals surface area contributed by atoms with Crippen LogP contribution in [-0.2, 0) is 11.8 Å². The Bertz CT molecular complexity index is 54.0. The molecule has 0 aromatic carbocycles. The van der Waals surface area contributed by atoms with Crippen molar-refractivity contribution in [1.29, 1.82) is 0 Å². The van der Waals surface area contributed by atoms with Gasteiger partial charge in [-0.1, -0.05) is 32.1 Å². The van der Waals surface area contributed by atoms with Crippen LogP contribution in [0.5, 0.6) is 0 Å². The van der Waals surface area contributed by atoms with Crippen molar-refractivity contribution in [2.75, 3.05) is 0 Å². The van der Waals surface area contributed by atoms with Crippen molar-refractivity contribution in [1.82, 2.24) is 0 Å². The Kier molecular flexibility index (Phi) is 5.02. The van der Waals surface area contributed by atoms with Crippen LogP contribution >= 0.6 is 7.36 Å². The lowest BCUT2D eigenvalue weighted by Gasteiger charge is -1.96. The predicted molar refractivity (Wildman–Crippen MR) is 38.7 cm³/mol. The van der Waals surface area contributed by atoms with Gasteiger partial charge in [0, 0.05) is 5.66 Å². The van der Waals surface area contributed by atoms with Crippen molar-refractivity contribution in [3.63, 3.8) is 0 Å². The van der Waals surface area contributed by atoms with Gasteiger partial charge in [0.15, 0.2) is 0 Å². The summed E-state index contributed by atoms with van der Waals surface area (Å²) in [5.74, 6) is 0. The average molecular weight is 134 g/mol. The molecule has 0 spiro atoms. The second kappa shape index (κ2) is 4.67. The second-order valence-electron chi connectivity index (χ2n) is 1.74. The molecule has 0 fully saturated rings. The molecule has 1 atom stereocenters. The lowest BCUT2D eigenvalue weighted by molar-refractivity contribution is 0.787. The van der Waals surface area contributed by atoms with Crippen LogP contribution in [0.4, 0.5) is 0 Å². The van der Waals surface area contributed by atoms with Crippen LogP contribution in [0.1, 0.15) is 26.7 Å². The van der Waals surface area contributed by atoms with Gasteiger partial charge in [0.05, 0.1) is 0 Å². The van der Waals surface area contributed by atoms with E-state index in [1.807, 2.05) is 0 Å². The van der Waals surface area contributed by atoms with Crippen LogP contribution in [-0.4, -0.2) is 5.66 Å². The van der Waals surface area contributed by atoms with Crippen LogP contribution in [0.15, 0.2) is 0 Å². The van der Waals surface area contributed by atoms with Gasteiger partial charge in [-0.15, -0.1) is 0 Å². The Labute approximate surface area is 52.1 Å². The third kappa shape index (κ3) is 4.37. The zero-order valence-corrected chi connectivity index (χ0v) is 6.56. The Morgan fingerprint density at radius 1 is 1.71 bits per heavy atom. The number of hydrogen-bond donors (Lipinski definition) is 0. The maximum atomic E-state index is 4.81. The van der Waals surface area contributed by atoms with E-state index in [0.29, 0.717) is 0 Å². The van der Waals surface area contributed by atoms with Gasteiger partial charge >= 0.3 is 0 Å². The van der Waals surface area contributed by atoms with E-state index in [9.17, 15) is 0 Å². The molecule has 0 radical (unpaired) electrons. The van der Waals surface area contributed by atoms with Gasteiger partial charge in [-0.2, -0.15) is 0 Å². The molecule has 0 aliphatic carbocycles. The highest BCUT2D eigenvalue weighted by Crippen LogP contribution is 2.10. The van der Waals surface area contributed by atoms with Crippen LogP contribution in [0.25, 0.3) is 0 Å². The van der Waals surface area contributed by atoms with Gasteiger partial charge in [0.1, 0.15) is 0 Å². The van der Waals surface area contributed by atoms with Crippen molar-refractivity contribution in [2.45, 2.75) is 32.3 Å². The Balaban J connectivity index is 2.98. The lowest BCUT2D eigenvalue weighted by Crippen LogP contribution is -1.86. The fourth-order valence-corrected chi connectivity index (χ4v) is 1.15. The Hall–Kier alpha value is 0.520. The van der Waals surface area contributed by atoms with Crippen molar-refractivity contribution >= 4 is 19.2 Å². The molecule has 0 aromatic heterocycles. The zero-order valence-electron chi connectivity index (χ0n) is 4.85. The first-order chi connectivity index (χ1) is 3.31. The highest BCUT2D eigenvalue weighted by atomic mass is 32.4. The van der Waals surface area contributed by atoms with Gasteiger partial charge in [0.2, 0.25) is 0 Å². The van der Waals surface area contributed by atoms with Gasteiger partial charge in [0.25, 0.3) is 0 Å². The molecule has 1 unspecified atom stereocenters. The molecule has 0 heterocycles. The molecular weight excluding hydrogens is 123 g/mol. The highest BCUT2D eigenvalue weighted by molar-refractivity contribution is 7.96. The maximum absolute atomic E-state index is 4.81. The average Bonchev–Trinajstić information content (AvgIpc) is 1.68. The van der Waals surface area contributed by atoms with Crippen LogP contribution in [0.2, 0.25) is 0 Å². The van der Waals surface area contributed by atoms with E-state index in [0.717, 1.165) is 13.0 Å². The Morgan fingerprint density at radius 3 is 2.43 bits per heavy atom. The summed E-state index contributed by atoms with van der Waals surface area (Å²) in [6.45, 7) is 4.38. The molecule has 0 saturated heterocycles. The number of rotatable bonds is 3. The minimum Gasteiger partial charge on any atom is -0.0653 e. The molecular formula is C5H11PS. The van der Waals surface area contributed by atoms with Crippen molar-refractivity contribution in [3.05, 3.63) is 0 Å². The molecule has 0 aliphatic heterocycles. The van der Waals surface area contributed by atoms with E-state index in [-0.39, 0.29) is 0 Å². The van der Waals surface area contributed by atoms with E-state index in [1.165, 1.54) is 12.8 Å². The lowest BCUT2D eigenvalue weighted by atomic mass is 10.3. The van der Waals surface area contributed by atoms with Crippen molar-refractivity contribution in [2.24, 2.45) is 0 Å². The summed E-state index contributed by atoms with van der Waals surface area (Å²) in [7, 11) is 1.13. The smallest absolute Gasteiger partial charge is 0.00847 e. The van der Waals surface area contributed by atoms with Gasteiger partial charge in [-0.25, -0.2) is 0 Å². The van der Waals surface area contributed by atoms with E-state index in [1.54, 1.807) is 0 Å². The summed E-state index contributed by atoms with van der Waals surface area (Å²) < 4.78 is 0. The molecule has 7 heavy (non-hydrogen) atoms.